The van der Waals surface area contributed by atoms with Crippen molar-refractivity contribution in [3.05, 3.63) is 29.5 Å². The molecule has 3 rings (SSSR count). The summed E-state index contributed by atoms with van der Waals surface area (Å²) in [6.07, 6.45) is 2.83. The number of rotatable bonds is 1. The van der Waals surface area contributed by atoms with Gasteiger partial charge < -0.3 is 10.6 Å². The van der Waals surface area contributed by atoms with Crippen LogP contribution in [0.3, 0.4) is 0 Å². The summed E-state index contributed by atoms with van der Waals surface area (Å²) in [4.78, 5) is 14.5. The highest BCUT2D eigenvalue weighted by atomic mass is 35.5. The molecule has 0 spiro atoms. The van der Waals surface area contributed by atoms with Gasteiger partial charge in [0.05, 0.1) is 5.52 Å². The fourth-order valence-corrected chi connectivity index (χ4v) is 2.77. The van der Waals surface area contributed by atoms with Crippen molar-refractivity contribution in [2.24, 2.45) is 5.73 Å². The lowest BCUT2D eigenvalue weighted by Gasteiger charge is -2.19. The molecular weight excluding hydrogens is 288 g/mol. The molecule has 1 aromatic heterocycles. The molecule has 1 atom stereocenters. The van der Waals surface area contributed by atoms with Gasteiger partial charge in [-0.2, -0.15) is 5.10 Å². The van der Waals surface area contributed by atoms with Gasteiger partial charge in [-0.15, -0.1) is 12.4 Å². The van der Waals surface area contributed by atoms with Crippen molar-refractivity contribution in [3.8, 4) is 0 Å². The lowest BCUT2D eigenvalue weighted by molar-refractivity contribution is 0.0757. The molecule has 0 bridgehead atoms. The Hall–Kier alpha value is -1.59. The van der Waals surface area contributed by atoms with Gasteiger partial charge in [-0.1, -0.05) is 11.6 Å². The fraction of sp³-hybridized carbons (Fsp3) is 0.467. The van der Waals surface area contributed by atoms with Gasteiger partial charge in [0.1, 0.15) is 0 Å². The molecule has 0 aliphatic carbocycles. The number of fused-ring (bicyclic) bond motifs is 1. The van der Waals surface area contributed by atoms with Crippen LogP contribution in [-0.4, -0.2) is 40.1 Å². The average Bonchev–Trinajstić information content (AvgIpc) is 2.72. The third-order valence-corrected chi connectivity index (χ3v) is 3.98. The lowest BCUT2D eigenvalue weighted by Crippen LogP contribution is -2.33. The molecule has 3 N–H and O–H groups in total. The zero-order chi connectivity index (χ0) is 14.1. The number of halogens is 1. The maximum atomic E-state index is 12.6. The third-order valence-electron chi connectivity index (χ3n) is 3.98. The molecule has 6 heteroatoms. The first kappa shape index (κ1) is 15.8. The van der Waals surface area contributed by atoms with E-state index in [1.165, 1.54) is 0 Å². The normalized spacial score (nSPS) is 19.1. The van der Waals surface area contributed by atoms with Crippen LogP contribution in [0, 0.1) is 6.92 Å². The quantitative estimate of drug-likeness (QED) is 0.848. The highest BCUT2D eigenvalue weighted by Gasteiger charge is 2.23. The Morgan fingerprint density at radius 3 is 3.00 bits per heavy atom. The van der Waals surface area contributed by atoms with Gasteiger partial charge in [0, 0.05) is 24.5 Å². The predicted molar refractivity (Wildman–Crippen MR) is 85.8 cm³/mol. The molecule has 2 aromatic rings. The number of aromatic amines is 1. The number of aryl methyl sites for hydroxylation is 1. The number of likely N-dealkylation sites (tertiary alicyclic amines) is 1. The van der Waals surface area contributed by atoms with E-state index in [4.69, 9.17) is 5.73 Å². The molecule has 1 saturated heterocycles. The van der Waals surface area contributed by atoms with Crippen LogP contribution in [0.1, 0.15) is 35.3 Å². The van der Waals surface area contributed by atoms with Crippen molar-refractivity contribution in [1.29, 1.82) is 0 Å². The van der Waals surface area contributed by atoms with Crippen molar-refractivity contribution in [1.82, 2.24) is 15.1 Å². The topological polar surface area (TPSA) is 75.0 Å². The van der Waals surface area contributed by atoms with Crippen molar-refractivity contribution < 1.29 is 4.79 Å². The van der Waals surface area contributed by atoms with E-state index in [0.29, 0.717) is 5.69 Å². The van der Waals surface area contributed by atoms with E-state index in [1.54, 1.807) is 0 Å². The number of H-pyrrole nitrogens is 1. The van der Waals surface area contributed by atoms with Crippen LogP contribution in [0.4, 0.5) is 0 Å². The van der Waals surface area contributed by atoms with Crippen LogP contribution in [0.15, 0.2) is 18.2 Å². The van der Waals surface area contributed by atoms with Gasteiger partial charge in [0.25, 0.3) is 5.91 Å². The zero-order valence-electron chi connectivity index (χ0n) is 12.1. The van der Waals surface area contributed by atoms with Gasteiger partial charge in [0.15, 0.2) is 5.69 Å². The first-order valence-corrected chi connectivity index (χ1v) is 7.15. The highest BCUT2D eigenvalue weighted by molar-refractivity contribution is 6.04. The van der Waals surface area contributed by atoms with Gasteiger partial charge in [-0.25, -0.2) is 0 Å². The van der Waals surface area contributed by atoms with Crippen molar-refractivity contribution in [3.63, 3.8) is 0 Å². The molecule has 1 unspecified atom stereocenters. The van der Waals surface area contributed by atoms with Gasteiger partial charge >= 0.3 is 0 Å². The maximum absolute atomic E-state index is 12.6. The molecule has 1 aromatic carbocycles. The van der Waals surface area contributed by atoms with Gasteiger partial charge in [-0.05, 0) is 38.3 Å². The summed E-state index contributed by atoms with van der Waals surface area (Å²) in [5.74, 6) is 0.0101. The highest BCUT2D eigenvalue weighted by Crippen LogP contribution is 2.20. The second-order valence-corrected chi connectivity index (χ2v) is 5.60. The number of hydrogen-bond donors (Lipinski definition) is 2. The Bertz CT molecular complexity index is 640. The summed E-state index contributed by atoms with van der Waals surface area (Å²) in [6.45, 7) is 3.51. The first-order valence-electron chi connectivity index (χ1n) is 7.15. The number of nitrogens with two attached hydrogens (primary N) is 1. The Morgan fingerprint density at radius 2 is 2.19 bits per heavy atom. The molecule has 114 valence electrons. The first-order chi connectivity index (χ1) is 9.65. The van der Waals surface area contributed by atoms with E-state index in [2.05, 4.69) is 10.2 Å². The van der Waals surface area contributed by atoms with Crippen LogP contribution in [-0.2, 0) is 0 Å². The molecule has 21 heavy (non-hydrogen) atoms. The molecule has 1 amide bonds. The Labute approximate surface area is 130 Å². The lowest BCUT2D eigenvalue weighted by atomic mass is 10.1. The van der Waals surface area contributed by atoms with E-state index in [0.717, 1.165) is 48.8 Å². The summed E-state index contributed by atoms with van der Waals surface area (Å²) < 4.78 is 0. The van der Waals surface area contributed by atoms with Gasteiger partial charge in [-0.3, -0.25) is 9.89 Å². The number of hydrogen-bond acceptors (Lipinski definition) is 3. The molecular formula is C15H21ClN4O. The number of benzene rings is 1. The third kappa shape index (κ3) is 3.19. The van der Waals surface area contributed by atoms with Crippen LogP contribution in [0.5, 0.6) is 0 Å². The molecule has 1 fully saturated rings. The van der Waals surface area contributed by atoms with E-state index in [9.17, 15) is 4.79 Å². The zero-order valence-corrected chi connectivity index (χ0v) is 12.9. The van der Waals surface area contributed by atoms with Crippen molar-refractivity contribution >= 4 is 29.2 Å². The summed E-state index contributed by atoms with van der Waals surface area (Å²) in [5, 5.41) is 8.06. The molecule has 5 nitrogen and oxygen atoms in total. The number of carbonyl (C=O) groups is 1. The summed E-state index contributed by atoms with van der Waals surface area (Å²) >= 11 is 0. The maximum Gasteiger partial charge on any atom is 0.274 e. The number of aromatic nitrogens is 2. The monoisotopic (exact) mass is 308 g/mol. The molecule has 2 heterocycles. The van der Waals surface area contributed by atoms with Gasteiger partial charge in [0.2, 0.25) is 0 Å². The Morgan fingerprint density at radius 1 is 1.38 bits per heavy atom. The van der Waals surface area contributed by atoms with E-state index < -0.39 is 0 Å². The SMILES string of the molecule is Cc1ccc2[nH]nc(C(=O)N3CCCC(N)CC3)c2c1.Cl. The van der Waals surface area contributed by atoms with E-state index in [1.807, 2.05) is 30.0 Å². The van der Waals surface area contributed by atoms with Crippen LogP contribution in [0.2, 0.25) is 0 Å². The van der Waals surface area contributed by atoms with Crippen LogP contribution in [0.25, 0.3) is 10.9 Å². The number of nitrogens with one attached hydrogen (secondary N) is 1. The summed E-state index contributed by atoms with van der Waals surface area (Å²) in [6, 6.07) is 6.20. The molecule has 0 saturated carbocycles. The minimum Gasteiger partial charge on any atom is -0.337 e. The molecule has 0 radical (unpaired) electrons. The second kappa shape index (κ2) is 6.45. The molecule has 1 aliphatic heterocycles. The van der Waals surface area contributed by atoms with E-state index in [-0.39, 0.29) is 24.4 Å². The van der Waals surface area contributed by atoms with Crippen molar-refractivity contribution in [2.75, 3.05) is 13.1 Å². The number of nitrogens with zero attached hydrogens (tertiary/aromatic N) is 2. The Kier molecular flexibility index (Phi) is 4.85. The van der Waals surface area contributed by atoms with Crippen molar-refractivity contribution in [2.45, 2.75) is 32.2 Å². The predicted octanol–water partition coefficient (Wildman–Crippen LogP) is 2.25. The Balaban J connectivity index is 0.00000161. The largest absolute Gasteiger partial charge is 0.337 e. The number of carbonyl (C=O) groups excluding carboxylic acids is 1. The second-order valence-electron chi connectivity index (χ2n) is 5.60. The average molecular weight is 309 g/mol. The van der Waals surface area contributed by atoms with E-state index >= 15 is 0 Å². The number of amides is 1. The fourth-order valence-electron chi connectivity index (χ4n) is 2.77. The smallest absolute Gasteiger partial charge is 0.274 e. The minimum absolute atomic E-state index is 0. The minimum atomic E-state index is 0. The molecule has 1 aliphatic rings. The summed E-state index contributed by atoms with van der Waals surface area (Å²) in [7, 11) is 0. The standard InChI is InChI=1S/C15H20N4O.ClH/c1-10-4-5-13-12(9-10)14(18-17-13)15(20)19-7-2-3-11(16)6-8-19;/h4-5,9,11H,2-3,6-8,16H2,1H3,(H,17,18);1H. The summed E-state index contributed by atoms with van der Waals surface area (Å²) in [5.41, 5.74) is 8.53. The van der Waals surface area contributed by atoms with Crippen LogP contribution >= 0.6 is 12.4 Å². The van der Waals surface area contributed by atoms with Crippen LogP contribution < -0.4 is 5.73 Å².